The Labute approximate surface area is 93.2 Å². The van der Waals surface area contributed by atoms with Gasteiger partial charge in [0.2, 0.25) is 0 Å². The second kappa shape index (κ2) is 4.27. The molecule has 0 saturated carbocycles. The lowest BCUT2D eigenvalue weighted by Crippen LogP contribution is -2.46. The first kappa shape index (κ1) is 12.7. The third kappa shape index (κ3) is 2.83. The van der Waals surface area contributed by atoms with Gasteiger partial charge in [-0.25, -0.2) is 0 Å². The van der Waals surface area contributed by atoms with Crippen LogP contribution in [0.1, 0.15) is 20.8 Å². The van der Waals surface area contributed by atoms with Gasteiger partial charge in [-0.15, -0.1) is 0 Å². The molecule has 0 amide bonds. The van der Waals surface area contributed by atoms with Gasteiger partial charge in [0.25, 0.3) is 0 Å². The van der Waals surface area contributed by atoms with E-state index in [-0.39, 0.29) is 23.9 Å². The minimum absolute atomic E-state index is 0.00624. The molecule has 1 heterocycles. The maximum Gasteiger partial charge on any atom is 0.193 e. The van der Waals surface area contributed by atoms with Crippen LogP contribution < -0.4 is 0 Å². The maximum absolute atomic E-state index is 9.11. The third-order valence-corrected chi connectivity index (χ3v) is 7.78. The molecule has 0 aromatic rings. The van der Waals surface area contributed by atoms with Gasteiger partial charge >= 0.3 is 0 Å². The highest BCUT2D eigenvalue weighted by Crippen LogP contribution is 2.38. The van der Waals surface area contributed by atoms with Gasteiger partial charge in [-0.05, 0) is 24.2 Å². The molecule has 0 aromatic carbocycles. The van der Waals surface area contributed by atoms with E-state index in [1.807, 2.05) is 6.08 Å². The molecule has 88 valence electrons. The van der Waals surface area contributed by atoms with Crippen molar-refractivity contribution in [2.24, 2.45) is 0 Å². The van der Waals surface area contributed by atoms with Crippen molar-refractivity contribution in [3.8, 4) is 0 Å². The van der Waals surface area contributed by atoms with Crippen LogP contribution in [0.2, 0.25) is 18.1 Å². The summed E-state index contributed by atoms with van der Waals surface area (Å²) in [6.45, 7) is 11.0. The summed E-state index contributed by atoms with van der Waals surface area (Å²) in [5.41, 5.74) is 0. The fourth-order valence-corrected chi connectivity index (χ4v) is 2.47. The smallest absolute Gasteiger partial charge is 0.193 e. The van der Waals surface area contributed by atoms with E-state index in [0.717, 1.165) is 0 Å². The lowest BCUT2D eigenvalue weighted by atomic mass is 10.2. The van der Waals surface area contributed by atoms with Gasteiger partial charge in [-0.3, -0.25) is 0 Å². The van der Waals surface area contributed by atoms with E-state index in [4.69, 9.17) is 14.3 Å². The van der Waals surface area contributed by atoms with Crippen molar-refractivity contribution in [3.05, 3.63) is 12.3 Å². The van der Waals surface area contributed by atoms with Gasteiger partial charge in [0.1, 0.15) is 12.2 Å². The largest absolute Gasteiger partial charge is 0.493 e. The first-order chi connectivity index (χ1) is 6.78. The van der Waals surface area contributed by atoms with E-state index in [0.29, 0.717) is 0 Å². The quantitative estimate of drug-likeness (QED) is 0.756. The summed E-state index contributed by atoms with van der Waals surface area (Å²) in [4.78, 5) is 0. The molecule has 0 fully saturated rings. The molecular formula is C11H22O3Si. The molecule has 1 rings (SSSR count). The van der Waals surface area contributed by atoms with Gasteiger partial charge in [0.05, 0.1) is 12.9 Å². The molecule has 0 unspecified atom stereocenters. The van der Waals surface area contributed by atoms with Crippen LogP contribution in [0.3, 0.4) is 0 Å². The topological polar surface area (TPSA) is 38.7 Å². The van der Waals surface area contributed by atoms with Crippen molar-refractivity contribution >= 4 is 8.32 Å². The average Bonchev–Trinajstić information content (AvgIpc) is 2.48. The van der Waals surface area contributed by atoms with Crippen LogP contribution in [0.25, 0.3) is 0 Å². The normalized spacial score (nSPS) is 26.8. The van der Waals surface area contributed by atoms with E-state index in [2.05, 4.69) is 33.9 Å². The van der Waals surface area contributed by atoms with Crippen LogP contribution in [-0.4, -0.2) is 32.2 Å². The zero-order valence-electron chi connectivity index (χ0n) is 10.3. The summed E-state index contributed by atoms with van der Waals surface area (Å²) < 4.78 is 11.4. The van der Waals surface area contributed by atoms with Gasteiger partial charge < -0.3 is 14.3 Å². The predicted molar refractivity (Wildman–Crippen MR) is 63.2 cm³/mol. The summed E-state index contributed by atoms with van der Waals surface area (Å²) in [6, 6.07) is 0. The maximum atomic E-state index is 9.11. The van der Waals surface area contributed by atoms with Crippen molar-refractivity contribution in [1.29, 1.82) is 0 Å². The highest BCUT2D eigenvalue weighted by atomic mass is 28.4. The molecule has 1 N–H and O–H groups in total. The molecule has 0 spiro atoms. The van der Waals surface area contributed by atoms with Crippen molar-refractivity contribution in [2.75, 3.05) is 6.61 Å². The Morgan fingerprint density at radius 3 is 2.47 bits per heavy atom. The number of hydrogen-bond acceptors (Lipinski definition) is 3. The van der Waals surface area contributed by atoms with E-state index >= 15 is 0 Å². The average molecular weight is 230 g/mol. The van der Waals surface area contributed by atoms with Gasteiger partial charge in [0, 0.05) is 0 Å². The van der Waals surface area contributed by atoms with Gasteiger partial charge in [-0.2, -0.15) is 0 Å². The molecular weight excluding hydrogens is 208 g/mol. The van der Waals surface area contributed by atoms with E-state index in [1.165, 1.54) is 0 Å². The van der Waals surface area contributed by atoms with E-state index < -0.39 is 8.32 Å². The van der Waals surface area contributed by atoms with Crippen LogP contribution in [-0.2, 0) is 9.16 Å². The number of aliphatic hydroxyl groups excluding tert-OH is 1. The van der Waals surface area contributed by atoms with Crippen LogP contribution in [0.4, 0.5) is 0 Å². The molecule has 2 atom stereocenters. The molecule has 1 aliphatic rings. The van der Waals surface area contributed by atoms with Crippen LogP contribution >= 0.6 is 0 Å². The van der Waals surface area contributed by atoms with Crippen LogP contribution in [0.15, 0.2) is 12.3 Å². The summed E-state index contributed by atoms with van der Waals surface area (Å²) in [5, 5.41) is 9.29. The molecule has 0 saturated heterocycles. The molecule has 0 aliphatic carbocycles. The first-order valence-electron chi connectivity index (χ1n) is 5.39. The Hall–Kier alpha value is -0.323. The lowest BCUT2D eigenvalue weighted by Gasteiger charge is -2.38. The molecule has 3 nitrogen and oxygen atoms in total. The van der Waals surface area contributed by atoms with Gasteiger partial charge in [-0.1, -0.05) is 20.8 Å². The molecule has 1 aliphatic heterocycles. The second-order valence-corrected chi connectivity index (χ2v) is 10.3. The van der Waals surface area contributed by atoms with E-state index in [9.17, 15) is 0 Å². The minimum Gasteiger partial charge on any atom is -0.493 e. The number of aliphatic hydroxyl groups is 1. The summed E-state index contributed by atoms with van der Waals surface area (Å²) in [7, 11) is -1.77. The third-order valence-electron chi connectivity index (χ3n) is 3.30. The minimum atomic E-state index is -1.77. The SMILES string of the molecule is CC(C)(C)[Si](C)(C)O[C@H]1C=CO[C@@H]1CO. The Balaban J connectivity index is 2.65. The molecule has 0 aromatic heterocycles. The fourth-order valence-electron chi connectivity index (χ4n) is 1.20. The Bertz CT molecular complexity index is 243. The Morgan fingerprint density at radius 2 is 2.00 bits per heavy atom. The lowest BCUT2D eigenvalue weighted by molar-refractivity contribution is 0.0266. The Kier molecular flexibility index (Phi) is 3.63. The number of ether oxygens (including phenoxy) is 1. The van der Waals surface area contributed by atoms with Crippen LogP contribution in [0, 0.1) is 0 Å². The highest BCUT2D eigenvalue weighted by Gasteiger charge is 2.41. The number of rotatable bonds is 3. The van der Waals surface area contributed by atoms with Crippen LogP contribution in [0.5, 0.6) is 0 Å². The predicted octanol–water partition coefficient (Wildman–Crippen LogP) is 2.28. The zero-order chi connectivity index (χ0) is 11.7. The molecule has 0 radical (unpaired) electrons. The van der Waals surface area contributed by atoms with Crippen molar-refractivity contribution in [2.45, 2.75) is 51.1 Å². The summed E-state index contributed by atoms with van der Waals surface area (Å²) >= 11 is 0. The summed E-state index contributed by atoms with van der Waals surface area (Å²) in [5.74, 6) is 0. The molecule has 15 heavy (non-hydrogen) atoms. The van der Waals surface area contributed by atoms with Gasteiger partial charge in [0.15, 0.2) is 8.32 Å². The van der Waals surface area contributed by atoms with Crippen molar-refractivity contribution in [1.82, 2.24) is 0 Å². The Morgan fingerprint density at radius 1 is 1.40 bits per heavy atom. The second-order valence-electron chi connectivity index (χ2n) is 5.53. The zero-order valence-corrected chi connectivity index (χ0v) is 11.3. The van der Waals surface area contributed by atoms with E-state index in [1.54, 1.807) is 6.26 Å². The molecule has 4 heteroatoms. The first-order valence-corrected chi connectivity index (χ1v) is 8.29. The highest BCUT2D eigenvalue weighted by molar-refractivity contribution is 6.74. The standard InChI is InChI=1S/C11H22O3Si/c1-11(2,3)15(4,5)14-9-6-7-13-10(9)8-12/h6-7,9-10,12H,8H2,1-5H3/t9-,10+/m0/s1. The molecule has 0 bridgehead atoms. The van der Waals surface area contributed by atoms with Crippen molar-refractivity contribution < 1.29 is 14.3 Å². The fraction of sp³-hybridized carbons (Fsp3) is 0.818. The summed E-state index contributed by atoms with van der Waals surface area (Å²) in [6.07, 6.45) is 3.20. The van der Waals surface area contributed by atoms with Crippen molar-refractivity contribution in [3.63, 3.8) is 0 Å². The monoisotopic (exact) mass is 230 g/mol. The number of hydrogen-bond donors (Lipinski definition) is 1.